The molecule has 7 heteroatoms. The van der Waals surface area contributed by atoms with Crippen molar-refractivity contribution in [2.45, 2.75) is 176 Å². The molecule has 0 aliphatic carbocycles. The molecule has 302 valence electrons. The van der Waals surface area contributed by atoms with Gasteiger partial charge in [0.2, 0.25) is 0 Å². The zero-order chi connectivity index (χ0) is 38.4. The second-order valence-corrected chi connectivity index (χ2v) is 14.4. The molecule has 0 fully saturated rings. The molecule has 0 atom stereocenters. The van der Waals surface area contributed by atoms with Gasteiger partial charge in [0, 0.05) is 24.1 Å². The van der Waals surface area contributed by atoms with Crippen LogP contribution in [0.5, 0.6) is 34.5 Å². The number of carbonyl (C=O) groups excluding carboxylic acids is 1. The minimum Gasteiger partial charge on any atom is -0.493 e. The molecule has 0 amide bonds. The van der Waals surface area contributed by atoms with Crippen molar-refractivity contribution < 1.29 is 33.2 Å². The van der Waals surface area contributed by atoms with Crippen molar-refractivity contribution in [3.63, 3.8) is 0 Å². The van der Waals surface area contributed by atoms with E-state index in [-0.39, 0.29) is 12.2 Å². The normalized spacial score (nSPS) is 11.1. The fourth-order valence-electron chi connectivity index (χ4n) is 6.28. The number of Topliss-reactive ketones (excluding diaryl/α,β-unsaturated/α-hetero) is 1. The molecule has 2 aromatic carbocycles. The molecule has 0 unspecified atom stereocenters. The monoisotopic (exact) mass is 741 g/mol. The third kappa shape index (κ3) is 19.2. The van der Waals surface area contributed by atoms with E-state index in [1.807, 2.05) is 24.3 Å². The summed E-state index contributed by atoms with van der Waals surface area (Å²) in [4.78, 5) is 14.4. The molecule has 0 N–H and O–H groups in total. The van der Waals surface area contributed by atoms with Crippen LogP contribution in [0, 0.1) is 0 Å². The van der Waals surface area contributed by atoms with Gasteiger partial charge < -0.3 is 28.4 Å². The largest absolute Gasteiger partial charge is 0.493 e. The summed E-state index contributed by atoms with van der Waals surface area (Å²) in [5, 5.41) is 0. The average molecular weight is 741 g/mol. The van der Waals surface area contributed by atoms with Gasteiger partial charge in [0.05, 0.1) is 45.7 Å². The number of methoxy groups -OCH3 is 1. The van der Waals surface area contributed by atoms with Gasteiger partial charge in [0.25, 0.3) is 0 Å². The van der Waals surface area contributed by atoms with Gasteiger partial charge in [-0.2, -0.15) is 0 Å². The van der Waals surface area contributed by atoms with Crippen molar-refractivity contribution in [1.82, 2.24) is 0 Å². The fraction of sp³-hybridized carbons (Fsp3) is 0.717. The van der Waals surface area contributed by atoms with Gasteiger partial charge >= 0.3 is 0 Å². The van der Waals surface area contributed by atoms with Crippen molar-refractivity contribution in [2.24, 2.45) is 0 Å². The molecule has 0 radical (unpaired) electrons. The van der Waals surface area contributed by atoms with Gasteiger partial charge in [-0.15, -0.1) is 0 Å². The molecule has 53 heavy (non-hydrogen) atoms. The highest BCUT2D eigenvalue weighted by molar-refractivity contribution is 6.00. The molecule has 0 spiro atoms. The number of hydrogen-bond donors (Lipinski definition) is 0. The van der Waals surface area contributed by atoms with E-state index in [4.69, 9.17) is 28.4 Å². The third-order valence-corrected chi connectivity index (χ3v) is 9.55. The SMILES string of the molecule is CCCCCCOc1cc(CCC(=O)c2cc(OCCCCCC)cc(OCCCCCC)c2OCCCCCC)c(OCCCCCC)c(OC)c1. The standard InChI is InChI=1S/C46H76O7/c1-7-12-17-22-29-49-39-34-38(45(43(36-39)48-6)52-32-25-20-15-10-4)27-28-42(47)41-35-40(50-30-23-18-13-8-2)37-44(51-31-24-19-14-9-3)46(41)53-33-26-21-16-11-5/h34-37H,7-33H2,1-6H3. The van der Waals surface area contributed by atoms with Gasteiger partial charge in [0.15, 0.2) is 28.8 Å². The lowest BCUT2D eigenvalue weighted by molar-refractivity contribution is 0.0976. The Morgan fingerprint density at radius 3 is 1.34 bits per heavy atom. The van der Waals surface area contributed by atoms with E-state index in [2.05, 4.69) is 34.6 Å². The number of carbonyl (C=O) groups is 1. The van der Waals surface area contributed by atoms with Crippen LogP contribution >= 0.6 is 0 Å². The van der Waals surface area contributed by atoms with Crippen LogP contribution in [0.15, 0.2) is 24.3 Å². The van der Waals surface area contributed by atoms with Gasteiger partial charge in [-0.1, -0.05) is 131 Å². The first kappa shape index (κ1) is 46.1. The first-order valence-corrected chi connectivity index (χ1v) is 21.6. The summed E-state index contributed by atoms with van der Waals surface area (Å²) < 4.78 is 37.6. The smallest absolute Gasteiger partial charge is 0.172 e. The molecule has 0 saturated carbocycles. The van der Waals surface area contributed by atoms with E-state index < -0.39 is 0 Å². The maximum Gasteiger partial charge on any atom is 0.172 e. The molecule has 0 bridgehead atoms. The van der Waals surface area contributed by atoms with Crippen molar-refractivity contribution >= 4 is 5.78 Å². The number of hydrogen-bond acceptors (Lipinski definition) is 7. The lowest BCUT2D eigenvalue weighted by atomic mass is 10.00. The predicted octanol–water partition coefficient (Wildman–Crippen LogP) is 13.3. The van der Waals surface area contributed by atoms with Gasteiger partial charge in [0.1, 0.15) is 11.5 Å². The maximum atomic E-state index is 14.4. The number of ketones is 1. The van der Waals surface area contributed by atoms with Crippen LogP contribution in [-0.4, -0.2) is 45.9 Å². The topological polar surface area (TPSA) is 72.5 Å². The first-order valence-electron chi connectivity index (χ1n) is 21.6. The number of ether oxygens (including phenoxy) is 6. The molecule has 0 heterocycles. The van der Waals surface area contributed by atoms with Crippen molar-refractivity contribution in [2.75, 3.05) is 40.1 Å². The Labute approximate surface area is 324 Å². The molecule has 0 aromatic heterocycles. The Morgan fingerprint density at radius 1 is 0.453 bits per heavy atom. The highest BCUT2D eigenvalue weighted by Gasteiger charge is 2.22. The van der Waals surface area contributed by atoms with Crippen LogP contribution < -0.4 is 28.4 Å². The van der Waals surface area contributed by atoms with E-state index in [0.29, 0.717) is 73.8 Å². The van der Waals surface area contributed by atoms with E-state index >= 15 is 0 Å². The van der Waals surface area contributed by atoms with E-state index in [9.17, 15) is 4.79 Å². The quantitative estimate of drug-likeness (QED) is 0.0514. The Kier molecular flexibility index (Phi) is 26.3. The highest BCUT2D eigenvalue weighted by Crippen LogP contribution is 2.40. The van der Waals surface area contributed by atoms with Crippen LogP contribution in [0.3, 0.4) is 0 Å². The van der Waals surface area contributed by atoms with Crippen LogP contribution in [0.2, 0.25) is 0 Å². The first-order chi connectivity index (χ1) is 26.0. The maximum absolute atomic E-state index is 14.4. The summed E-state index contributed by atoms with van der Waals surface area (Å²) in [6.45, 7) is 14.0. The summed E-state index contributed by atoms with van der Waals surface area (Å²) in [6.07, 6.45) is 22.9. The molecular formula is C46H76O7. The summed E-state index contributed by atoms with van der Waals surface area (Å²) in [5.74, 6) is 3.86. The molecule has 2 aromatic rings. The Balaban J connectivity index is 2.43. The van der Waals surface area contributed by atoms with Crippen LogP contribution in [0.4, 0.5) is 0 Å². The summed E-state index contributed by atoms with van der Waals surface area (Å²) >= 11 is 0. The fourth-order valence-corrected chi connectivity index (χ4v) is 6.28. The van der Waals surface area contributed by atoms with Crippen molar-refractivity contribution in [1.29, 1.82) is 0 Å². The molecule has 0 aliphatic rings. The van der Waals surface area contributed by atoms with Crippen LogP contribution in [0.1, 0.15) is 185 Å². The minimum absolute atomic E-state index is 0.0143. The summed E-state index contributed by atoms with van der Waals surface area (Å²) in [5.41, 5.74) is 1.43. The average Bonchev–Trinajstić information content (AvgIpc) is 3.17. The Bertz CT molecular complexity index is 1230. The molecule has 2 rings (SSSR count). The summed E-state index contributed by atoms with van der Waals surface area (Å²) in [6, 6.07) is 7.74. The third-order valence-electron chi connectivity index (χ3n) is 9.55. The number of unbranched alkanes of at least 4 members (excludes halogenated alkanes) is 15. The second kappa shape index (κ2) is 30.3. The summed E-state index contributed by atoms with van der Waals surface area (Å²) in [7, 11) is 1.67. The molecule has 0 saturated heterocycles. The number of aryl methyl sites for hydroxylation is 1. The van der Waals surface area contributed by atoms with Crippen LogP contribution in [0.25, 0.3) is 0 Å². The zero-order valence-corrected chi connectivity index (χ0v) is 34.8. The highest BCUT2D eigenvalue weighted by atomic mass is 16.5. The predicted molar refractivity (Wildman–Crippen MR) is 220 cm³/mol. The number of rotatable bonds is 35. The van der Waals surface area contributed by atoms with E-state index in [0.717, 1.165) is 94.8 Å². The van der Waals surface area contributed by atoms with Crippen molar-refractivity contribution in [3.8, 4) is 34.5 Å². The molecule has 0 aliphatic heterocycles. The van der Waals surface area contributed by atoms with Crippen LogP contribution in [-0.2, 0) is 6.42 Å². The number of benzene rings is 2. The Morgan fingerprint density at radius 2 is 0.868 bits per heavy atom. The zero-order valence-electron chi connectivity index (χ0n) is 34.8. The van der Waals surface area contributed by atoms with Gasteiger partial charge in [-0.25, -0.2) is 0 Å². The van der Waals surface area contributed by atoms with E-state index in [1.165, 1.54) is 44.9 Å². The minimum atomic E-state index is -0.0143. The van der Waals surface area contributed by atoms with Gasteiger partial charge in [-0.05, 0) is 50.7 Å². The van der Waals surface area contributed by atoms with E-state index in [1.54, 1.807) is 7.11 Å². The van der Waals surface area contributed by atoms with Crippen molar-refractivity contribution in [3.05, 3.63) is 35.4 Å². The molecule has 7 nitrogen and oxygen atoms in total. The van der Waals surface area contributed by atoms with Gasteiger partial charge in [-0.3, -0.25) is 4.79 Å². The Hall–Kier alpha value is -3.09. The molecular weight excluding hydrogens is 664 g/mol. The lowest BCUT2D eigenvalue weighted by Gasteiger charge is -2.19. The second-order valence-electron chi connectivity index (χ2n) is 14.4. The lowest BCUT2D eigenvalue weighted by Crippen LogP contribution is -2.11.